The van der Waals surface area contributed by atoms with Gasteiger partial charge in [-0.2, -0.15) is 8.42 Å². The average molecular weight is 301 g/mol. The van der Waals surface area contributed by atoms with Crippen molar-refractivity contribution in [3.05, 3.63) is 30.1 Å². The minimum Gasteiger partial charge on any atom is -0.310 e. The largest absolute Gasteiger partial charge is 0.310 e. The van der Waals surface area contributed by atoms with Gasteiger partial charge in [0, 0.05) is 18.6 Å². The Bertz CT molecular complexity index is 557. The van der Waals surface area contributed by atoms with Gasteiger partial charge in [0.05, 0.1) is 18.2 Å². The Balaban J connectivity index is 2.75. The van der Waals surface area contributed by atoms with Crippen LogP contribution in [-0.2, 0) is 27.9 Å². The summed E-state index contributed by atoms with van der Waals surface area (Å²) in [6, 6.07) is 5.37. The van der Waals surface area contributed by atoms with E-state index < -0.39 is 10.1 Å². The van der Waals surface area contributed by atoms with Crippen LogP contribution in [0.15, 0.2) is 24.4 Å². The zero-order valence-corrected chi connectivity index (χ0v) is 12.6. The molecule has 0 spiro atoms. The summed E-state index contributed by atoms with van der Waals surface area (Å²) >= 11 is 0. The van der Waals surface area contributed by atoms with Crippen LogP contribution < -0.4 is 9.88 Å². The first-order valence-corrected chi connectivity index (χ1v) is 8.04. The highest BCUT2D eigenvalue weighted by atomic mass is 32.2. The van der Waals surface area contributed by atoms with Gasteiger partial charge in [0.25, 0.3) is 10.1 Å². The van der Waals surface area contributed by atoms with Crippen molar-refractivity contribution in [2.24, 2.45) is 0 Å². The molecule has 2 N–H and O–H groups in total. The average Bonchev–Trinajstić information content (AvgIpc) is 2.35. The van der Waals surface area contributed by atoms with Crippen molar-refractivity contribution >= 4 is 15.9 Å². The lowest BCUT2D eigenvalue weighted by molar-refractivity contribution is -0.704. The van der Waals surface area contributed by atoms with Crippen LogP contribution in [0.25, 0.3) is 0 Å². The second-order valence-electron chi connectivity index (χ2n) is 4.68. The zero-order valence-electron chi connectivity index (χ0n) is 11.7. The summed E-state index contributed by atoms with van der Waals surface area (Å²) in [5.74, 6) is -0.211. The van der Waals surface area contributed by atoms with E-state index in [0.29, 0.717) is 19.4 Å². The number of hydrogen-bond acceptors (Lipinski definition) is 4. The van der Waals surface area contributed by atoms with Crippen LogP contribution in [0, 0.1) is 0 Å². The summed E-state index contributed by atoms with van der Waals surface area (Å²) in [5.41, 5.74) is 0.942. The number of aryl methyl sites for hydroxylation is 1. The maximum absolute atomic E-state index is 11.5. The number of Topliss-reactive ketones (excluding diaryl/α,β-unsaturated/α-hetero) is 1. The molecule has 0 saturated carbocycles. The summed E-state index contributed by atoms with van der Waals surface area (Å²) < 4.78 is 32.1. The number of pyridine rings is 1. The van der Waals surface area contributed by atoms with Crippen LogP contribution in [0.4, 0.5) is 0 Å². The van der Waals surface area contributed by atoms with E-state index in [0.717, 1.165) is 5.69 Å². The lowest BCUT2D eigenvalue weighted by Crippen LogP contribution is -2.43. The molecule has 20 heavy (non-hydrogen) atoms. The molecule has 0 aliphatic heterocycles. The first kappa shape index (κ1) is 16.7. The van der Waals surface area contributed by atoms with Gasteiger partial charge in [0.2, 0.25) is 0 Å². The van der Waals surface area contributed by atoms with Gasteiger partial charge < -0.3 is 5.32 Å². The first-order valence-electron chi connectivity index (χ1n) is 6.43. The molecular formula is C13H21N2O4S+. The van der Waals surface area contributed by atoms with E-state index in [9.17, 15) is 13.2 Å². The van der Waals surface area contributed by atoms with Crippen molar-refractivity contribution in [1.29, 1.82) is 0 Å². The Morgan fingerprint density at radius 2 is 2.15 bits per heavy atom. The second kappa shape index (κ2) is 7.47. The molecular weight excluding hydrogens is 280 g/mol. The highest BCUT2D eigenvalue weighted by molar-refractivity contribution is 7.85. The molecule has 0 radical (unpaired) electrons. The maximum atomic E-state index is 11.5. The molecule has 1 heterocycles. The smallest absolute Gasteiger partial charge is 0.265 e. The Kier molecular flexibility index (Phi) is 6.25. The molecule has 0 bridgehead atoms. The van der Waals surface area contributed by atoms with Gasteiger partial charge in [-0.25, -0.2) is 4.57 Å². The van der Waals surface area contributed by atoms with E-state index >= 15 is 0 Å². The number of nitrogens with one attached hydrogen (secondary N) is 1. The fourth-order valence-corrected chi connectivity index (χ4v) is 2.48. The predicted octanol–water partition coefficient (Wildman–Crippen LogP) is -0.0285. The van der Waals surface area contributed by atoms with Crippen LogP contribution in [0.2, 0.25) is 0 Å². The molecule has 0 aliphatic rings. The summed E-state index contributed by atoms with van der Waals surface area (Å²) in [7, 11) is -2.19. The molecule has 0 amide bonds. The van der Waals surface area contributed by atoms with E-state index in [2.05, 4.69) is 5.32 Å². The van der Waals surface area contributed by atoms with Crippen LogP contribution in [-0.4, -0.2) is 37.6 Å². The van der Waals surface area contributed by atoms with Gasteiger partial charge in [-0.15, -0.1) is 0 Å². The van der Waals surface area contributed by atoms with Crippen molar-refractivity contribution in [2.45, 2.75) is 32.4 Å². The summed E-state index contributed by atoms with van der Waals surface area (Å²) in [5, 5.41) is 2.96. The number of carbonyl (C=O) groups is 1. The van der Waals surface area contributed by atoms with Gasteiger partial charge in [-0.05, 0) is 14.0 Å². The third-order valence-electron chi connectivity index (χ3n) is 3.09. The molecule has 1 aromatic rings. The molecule has 6 nitrogen and oxygen atoms in total. The molecule has 0 aromatic carbocycles. The molecule has 1 aromatic heterocycles. The summed E-state index contributed by atoms with van der Waals surface area (Å²) in [6.45, 7) is 2.01. The topological polar surface area (TPSA) is 87.3 Å². The van der Waals surface area contributed by atoms with Crippen LogP contribution >= 0.6 is 0 Å². The number of aromatic nitrogens is 1. The van der Waals surface area contributed by atoms with E-state index in [4.69, 9.17) is 4.55 Å². The van der Waals surface area contributed by atoms with Gasteiger partial charge in [-0.1, -0.05) is 6.07 Å². The number of nitrogens with zero attached hydrogens (tertiary/aromatic N) is 1. The van der Waals surface area contributed by atoms with E-state index in [-0.39, 0.29) is 17.6 Å². The van der Waals surface area contributed by atoms with Crippen LogP contribution in [0.1, 0.15) is 19.0 Å². The van der Waals surface area contributed by atoms with Crippen molar-refractivity contribution < 1.29 is 22.3 Å². The Labute approximate surface area is 119 Å². The molecule has 0 saturated heterocycles. The van der Waals surface area contributed by atoms with Crippen LogP contribution in [0.5, 0.6) is 0 Å². The third kappa shape index (κ3) is 5.77. The minimum atomic E-state index is -3.93. The Hall–Kier alpha value is -1.31. The molecule has 1 rings (SSSR count). The molecule has 0 aliphatic carbocycles. The summed E-state index contributed by atoms with van der Waals surface area (Å²) in [4.78, 5) is 11.5. The van der Waals surface area contributed by atoms with Crippen molar-refractivity contribution in [1.82, 2.24) is 5.32 Å². The second-order valence-corrected chi connectivity index (χ2v) is 6.25. The number of carbonyl (C=O) groups excluding carboxylic acids is 1. The number of rotatable bonds is 8. The van der Waals surface area contributed by atoms with Crippen molar-refractivity contribution in [2.75, 3.05) is 12.8 Å². The van der Waals surface area contributed by atoms with E-state index in [1.807, 2.05) is 29.0 Å². The van der Waals surface area contributed by atoms with Gasteiger partial charge in [-0.3, -0.25) is 9.35 Å². The lowest BCUT2D eigenvalue weighted by Gasteiger charge is -2.11. The minimum absolute atomic E-state index is 0.0563. The molecule has 0 fully saturated rings. The third-order valence-corrected chi connectivity index (χ3v) is 3.89. The fraction of sp³-hybridized carbons (Fsp3) is 0.538. The normalized spacial score (nSPS) is 13.2. The van der Waals surface area contributed by atoms with Crippen LogP contribution in [0.3, 0.4) is 0 Å². The molecule has 7 heteroatoms. The number of likely N-dealkylation sites (N-methyl/N-ethyl adjacent to an activating group) is 1. The molecule has 0 unspecified atom stereocenters. The highest BCUT2D eigenvalue weighted by Gasteiger charge is 2.19. The van der Waals surface area contributed by atoms with Crippen molar-refractivity contribution in [3.63, 3.8) is 0 Å². The highest BCUT2D eigenvalue weighted by Crippen LogP contribution is 2.00. The van der Waals surface area contributed by atoms with E-state index in [1.165, 1.54) is 6.92 Å². The van der Waals surface area contributed by atoms with Gasteiger partial charge >= 0.3 is 0 Å². The zero-order chi connectivity index (χ0) is 15.2. The number of ketones is 1. The molecule has 1 atom stereocenters. The fourth-order valence-electron chi connectivity index (χ4n) is 1.99. The predicted molar refractivity (Wildman–Crippen MR) is 74.9 cm³/mol. The monoisotopic (exact) mass is 301 g/mol. The number of hydrogen-bond donors (Lipinski definition) is 2. The lowest BCUT2D eigenvalue weighted by atomic mass is 10.1. The summed E-state index contributed by atoms with van der Waals surface area (Å²) in [6.07, 6.45) is 2.70. The first-order chi connectivity index (χ1) is 9.33. The van der Waals surface area contributed by atoms with Crippen molar-refractivity contribution in [3.8, 4) is 0 Å². The van der Waals surface area contributed by atoms with Gasteiger partial charge in [0.1, 0.15) is 12.3 Å². The standard InChI is InChI=1S/C13H20N2O4S/c1-11(16)13(14-2)10-12-6-3-4-7-15(12)8-5-9-20(17,18)19/h3-4,6-7,13-14H,5,8-10H2,1-2H3/p+1/t13-/m1/s1. The Morgan fingerprint density at radius 3 is 2.70 bits per heavy atom. The SMILES string of the molecule is CN[C@H](Cc1cccc[n+]1CCCS(=O)(=O)O)C(C)=O. The van der Waals surface area contributed by atoms with Gasteiger partial charge in [0.15, 0.2) is 11.9 Å². The van der Waals surface area contributed by atoms with E-state index in [1.54, 1.807) is 7.05 Å². The quantitative estimate of drug-likeness (QED) is 0.520. The Morgan fingerprint density at radius 1 is 1.45 bits per heavy atom. The maximum Gasteiger partial charge on any atom is 0.265 e. The molecule has 112 valence electrons.